The number of carbonyl (C=O) groups excluding carboxylic acids is 1. The lowest BCUT2D eigenvalue weighted by molar-refractivity contribution is -0.173. The lowest BCUT2D eigenvalue weighted by atomic mass is 9.83. The maximum Gasteiger partial charge on any atom is 0.328 e. The first kappa shape index (κ1) is 14.8. The molecule has 1 aromatic carbocycles. The average Bonchev–Trinajstić information content (AvgIpc) is 2.26. The molecule has 0 amide bonds. The molecule has 0 fully saturated rings. The van der Waals surface area contributed by atoms with Gasteiger partial charge >= 0.3 is 5.97 Å². The molecule has 0 aliphatic carbocycles. The van der Waals surface area contributed by atoms with Crippen molar-refractivity contribution in [2.45, 2.75) is 45.4 Å². The number of hydrogen-bond donors (Lipinski definition) is 0. The predicted octanol–water partition coefficient (Wildman–Crippen LogP) is 2.43. The number of esters is 1. The van der Waals surface area contributed by atoms with Crippen molar-refractivity contribution >= 4 is 13.8 Å². The molecule has 0 bridgehead atoms. The van der Waals surface area contributed by atoms with Gasteiger partial charge < -0.3 is 9.47 Å². The number of ether oxygens (including phenoxy) is 2. The van der Waals surface area contributed by atoms with Gasteiger partial charge in [0.25, 0.3) is 0 Å². The molecule has 2 radical (unpaired) electrons. The molecule has 0 aliphatic heterocycles. The molecular formula is C14H19BO3. The van der Waals surface area contributed by atoms with Crippen molar-refractivity contribution < 1.29 is 14.3 Å². The minimum atomic E-state index is -1.44. The summed E-state index contributed by atoms with van der Waals surface area (Å²) in [6.45, 7) is 7.14. The molecule has 1 rings (SSSR count). The third-order valence-electron chi connectivity index (χ3n) is 2.19. The maximum atomic E-state index is 11.8. The molecule has 0 spiro atoms. The van der Waals surface area contributed by atoms with Crippen molar-refractivity contribution in [2.24, 2.45) is 0 Å². The van der Waals surface area contributed by atoms with Crippen LogP contribution < -0.4 is 0 Å². The fraction of sp³-hybridized carbons (Fsp3) is 0.500. The van der Waals surface area contributed by atoms with Gasteiger partial charge in [0, 0.05) is 0 Å². The summed E-state index contributed by atoms with van der Waals surface area (Å²) in [5.74, 6) is -0.564. The molecule has 0 saturated carbocycles. The highest BCUT2D eigenvalue weighted by molar-refractivity contribution is 6.25. The molecule has 3 nitrogen and oxygen atoms in total. The summed E-state index contributed by atoms with van der Waals surface area (Å²) in [6, 6.07) is 9.54. The van der Waals surface area contributed by atoms with Gasteiger partial charge in [-0.1, -0.05) is 30.3 Å². The molecule has 1 atom stereocenters. The van der Waals surface area contributed by atoms with Gasteiger partial charge in [-0.2, -0.15) is 0 Å². The van der Waals surface area contributed by atoms with Gasteiger partial charge in [-0.15, -0.1) is 0 Å². The van der Waals surface area contributed by atoms with Crippen molar-refractivity contribution in [3.63, 3.8) is 0 Å². The molecule has 18 heavy (non-hydrogen) atoms. The van der Waals surface area contributed by atoms with Crippen LogP contribution in [0.5, 0.6) is 0 Å². The molecule has 4 heteroatoms. The van der Waals surface area contributed by atoms with E-state index in [-0.39, 0.29) is 6.61 Å². The fourth-order valence-corrected chi connectivity index (χ4v) is 1.25. The molecule has 1 unspecified atom stereocenters. The monoisotopic (exact) mass is 246 g/mol. The van der Waals surface area contributed by atoms with Crippen LogP contribution in [-0.4, -0.2) is 24.9 Å². The van der Waals surface area contributed by atoms with Crippen LogP contribution in [0, 0.1) is 0 Å². The number of benzene rings is 1. The van der Waals surface area contributed by atoms with E-state index in [4.69, 9.17) is 17.3 Å². The van der Waals surface area contributed by atoms with Crippen LogP contribution in [0.25, 0.3) is 0 Å². The lowest BCUT2D eigenvalue weighted by Gasteiger charge is -2.29. The Morgan fingerprint density at radius 2 is 1.72 bits per heavy atom. The summed E-state index contributed by atoms with van der Waals surface area (Å²) in [6.07, 6.45) is 0. The number of hydrogen-bond acceptors (Lipinski definition) is 3. The zero-order valence-corrected chi connectivity index (χ0v) is 11.4. The van der Waals surface area contributed by atoms with Gasteiger partial charge in [-0.05, 0) is 33.3 Å². The van der Waals surface area contributed by atoms with Gasteiger partial charge in [-0.25, -0.2) is 4.79 Å². The van der Waals surface area contributed by atoms with Gasteiger partial charge in [0.2, 0.25) is 0 Å². The second-order valence-corrected chi connectivity index (χ2v) is 5.38. The SMILES string of the molecule is [B]C(C)(OCc1ccccc1)C(=O)OC(C)(C)C. The predicted molar refractivity (Wildman–Crippen MR) is 71.2 cm³/mol. The Morgan fingerprint density at radius 3 is 2.22 bits per heavy atom. The first-order chi connectivity index (χ1) is 8.21. The Kier molecular flexibility index (Phi) is 4.57. The third kappa shape index (κ3) is 4.92. The zero-order valence-electron chi connectivity index (χ0n) is 11.4. The van der Waals surface area contributed by atoms with Crippen molar-refractivity contribution in [3.05, 3.63) is 35.9 Å². The normalized spacial score (nSPS) is 14.9. The van der Waals surface area contributed by atoms with Crippen LogP contribution in [0.2, 0.25) is 0 Å². The third-order valence-corrected chi connectivity index (χ3v) is 2.19. The molecule has 0 saturated heterocycles. The van der Waals surface area contributed by atoms with Gasteiger partial charge in [0.15, 0.2) is 0 Å². The van der Waals surface area contributed by atoms with E-state index in [2.05, 4.69) is 0 Å². The highest BCUT2D eigenvalue weighted by atomic mass is 16.6. The Labute approximate surface area is 110 Å². The standard InChI is InChI=1S/C14H19BO3/c1-13(2,3)18-12(16)14(4,15)17-10-11-8-6-5-7-9-11/h5-9H,10H2,1-4H3. The Morgan fingerprint density at radius 1 is 1.17 bits per heavy atom. The minimum Gasteiger partial charge on any atom is -0.458 e. The first-order valence-electron chi connectivity index (χ1n) is 5.91. The van der Waals surface area contributed by atoms with Crippen molar-refractivity contribution in [1.29, 1.82) is 0 Å². The quantitative estimate of drug-likeness (QED) is 0.604. The topological polar surface area (TPSA) is 35.5 Å². The van der Waals surface area contributed by atoms with Crippen molar-refractivity contribution in [3.8, 4) is 0 Å². The first-order valence-corrected chi connectivity index (χ1v) is 5.91. The summed E-state index contributed by atoms with van der Waals surface area (Å²) in [7, 11) is 5.82. The second kappa shape index (κ2) is 5.57. The van der Waals surface area contributed by atoms with Gasteiger partial charge in [-0.3, -0.25) is 0 Å². The molecule has 0 heterocycles. The van der Waals surface area contributed by atoms with Crippen molar-refractivity contribution in [2.75, 3.05) is 0 Å². The molecule has 0 aliphatic rings. The van der Waals surface area contributed by atoms with Crippen LogP contribution in [0.3, 0.4) is 0 Å². The van der Waals surface area contributed by atoms with Crippen LogP contribution in [0.15, 0.2) is 30.3 Å². The second-order valence-electron chi connectivity index (χ2n) is 5.38. The van der Waals surface area contributed by atoms with E-state index >= 15 is 0 Å². The minimum absolute atomic E-state index is 0.271. The molecule has 1 aromatic rings. The van der Waals surface area contributed by atoms with Crippen LogP contribution in [0.4, 0.5) is 0 Å². The summed E-state index contributed by atoms with van der Waals surface area (Å²) in [5, 5.41) is 0. The average molecular weight is 246 g/mol. The van der Waals surface area contributed by atoms with Crippen molar-refractivity contribution in [1.82, 2.24) is 0 Å². The molecule has 0 aromatic heterocycles. The van der Waals surface area contributed by atoms with E-state index in [1.54, 1.807) is 20.8 Å². The van der Waals surface area contributed by atoms with Gasteiger partial charge in [0.05, 0.1) is 6.61 Å². The number of rotatable bonds is 4. The summed E-state index contributed by atoms with van der Waals surface area (Å²) < 4.78 is 10.6. The summed E-state index contributed by atoms with van der Waals surface area (Å²) >= 11 is 0. The Hall–Kier alpha value is -1.29. The fourth-order valence-electron chi connectivity index (χ4n) is 1.25. The molecular weight excluding hydrogens is 227 g/mol. The van der Waals surface area contributed by atoms with E-state index in [0.717, 1.165) is 5.56 Å². The number of carbonyl (C=O) groups is 1. The van der Waals surface area contributed by atoms with Gasteiger partial charge in [0.1, 0.15) is 18.9 Å². The highest BCUT2D eigenvalue weighted by Gasteiger charge is 2.32. The maximum absolute atomic E-state index is 11.8. The van der Waals surface area contributed by atoms with Crippen LogP contribution >= 0.6 is 0 Å². The van der Waals surface area contributed by atoms with E-state index in [1.807, 2.05) is 30.3 Å². The summed E-state index contributed by atoms with van der Waals surface area (Å²) in [5.41, 5.74) is -1.06. The largest absolute Gasteiger partial charge is 0.458 e. The van der Waals surface area contributed by atoms with E-state index in [9.17, 15) is 4.79 Å². The van der Waals surface area contributed by atoms with E-state index in [1.165, 1.54) is 6.92 Å². The highest BCUT2D eigenvalue weighted by Crippen LogP contribution is 2.16. The smallest absolute Gasteiger partial charge is 0.328 e. The zero-order chi connectivity index (χ0) is 13.8. The Bertz CT molecular complexity index is 393. The molecule has 0 N–H and O–H groups in total. The molecule has 96 valence electrons. The van der Waals surface area contributed by atoms with Crippen LogP contribution in [0.1, 0.15) is 33.3 Å². The van der Waals surface area contributed by atoms with Crippen LogP contribution in [-0.2, 0) is 20.9 Å². The van der Waals surface area contributed by atoms with E-state index in [0.29, 0.717) is 0 Å². The van der Waals surface area contributed by atoms with E-state index < -0.39 is 17.1 Å². The Balaban J connectivity index is 2.57. The summed E-state index contributed by atoms with van der Waals surface area (Å²) in [4.78, 5) is 11.8. The lowest BCUT2D eigenvalue weighted by Crippen LogP contribution is -2.43.